The topological polar surface area (TPSA) is 0 Å². The summed E-state index contributed by atoms with van der Waals surface area (Å²) in [5.74, 6) is 0. The van der Waals surface area contributed by atoms with Gasteiger partial charge in [-0.25, -0.2) is 0 Å². The third-order valence-corrected chi connectivity index (χ3v) is 8.49. The smallest absolute Gasteiger partial charge is 0.155 e. The van der Waals surface area contributed by atoms with E-state index in [1.807, 2.05) is 6.07 Å². The van der Waals surface area contributed by atoms with Crippen LogP contribution >= 0.6 is 11.1 Å². The van der Waals surface area contributed by atoms with Gasteiger partial charge in [0.25, 0.3) is 0 Å². The zero-order valence-corrected chi connectivity index (χ0v) is 14.1. The molecule has 0 aliphatic rings. The molecule has 0 bridgehead atoms. The summed E-state index contributed by atoms with van der Waals surface area (Å²) in [6.07, 6.45) is 0. The van der Waals surface area contributed by atoms with Crippen LogP contribution in [0.25, 0.3) is 0 Å². The van der Waals surface area contributed by atoms with Crippen molar-refractivity contribution < 1.29 is 0 Å². The highest BCUT2D eigenvalue weighted by Crippen LogP contribution is 2.20. The highest BCUT2D eigenvalue weighted by molar-refractivity contribution is 7.33. The Kier molecular flexibility index (Phi) is 3.89. The highest BCUT2D eigenvalue weighted by Gasteiger charge is 2.33. The Labute approximate surface area is 122 Å². The van der Waals surface area contributed by atoms with Gasteiger partial charge in [0.1, 0.15) is 0 Å². The van der Waals surface area contributed by atoms with Crippen LogP contribution in [-0.4, -0.2) is 7.38 Å². The van der Waals surface area contributed by atoms with Gasteiger partial charge in [-0.3, -0.25) is 0 Å². The minimum Gasteiger partial charge on any atom is -0.155 e. The lowest BCUT2D eigenvalue weighted by atomic mass is 10.0. The number of hydrogen-bond acceptors (Lipinski definition) is 0. The molecule has 2 heteroatoms. The summed E-state index contributed by atoms with van der Waals surface area (Å²) in [6.45, 7) is 11.0. The number of aryl methyl sites for hydroxylation is 2. The molecule has 0 saturated heterocycles. The first-order chi connectivity index (χ1) is 8.85. The molecular weight excluding hydrogens is 268 g/mol. The second-order valence-electron chi connectivity index (χ2n) is 5.50. The van der Waals surface area contributed by atoms with Crippen LogP contribution in [0.3, 0.4) is 0 Å². The van der Waals surface area contributed by atoms with E-state index in [2.05, 4.69) is 64.6 Å². The van der Waals surface area contributed by atoms with Crippen molar-refractivity contribution in [2.75, 3.05) is 0 Å². The van der Waals surface area contributed by atoms with Gasteiger partial charge in [0.15, 0.2) is 0 Å². The van der Waals surface area contributed by atoms with Gasteiger partial charge in [0.05, 0.1) is 0 Å². The maximum atomic E-state index is 7.06. The fourth-order valence-corrected chi connectivity index (χ4v) is 6.96. The van der Waals surface area contributed by atoms with E-state index in [1.54, 1.807) is 0 Å². The van der Waals surface area contributed by atoms with E-state index < -0.39 is 7.38 Å². The molecular formula is C17H21ClSi. The quantitative estimate of drug-likeness (QED) is 0.582. The third kappa shape index (κ3) is 2.50. The molecule has 0 nitrogen and oxygen atoms in total. The van der Waals surface area contributed by atoms with Crippen LogP contribution in [0.1, 0.15) is 22.3 Å². The molecule has 1 atom stereocenters. The number of halogens is 1. The van der Waals surface area contributed by atoms with Gasteiger partial charge in [0.2, 0.25) is 7.38 Å². The van der Waals surface area contributed by atoms with Gasteiger partial charge < -0.3 is 0 Å². The number of rotatable bonds is 2. The predicted molar refractivity (Wildman–Crippen MR) is 88.6 cm³/mol. The zero-order valence-electron chi connectivity index (χ0n) is 12.3. The number of benzene rings is 2. The molecule has 1 unspecified atom stereocenters. The Bertz CT molecular complexity index is 600. The van der Waals surface area contributed by atoms with Crippen molar-refractivity contribution in [2.45, 2.75) is 34.2 Å². The van der Waals surface area contributed by atoms with Crippen molar-refractivity contribution >= 4 is 28.8 Å². The summed E-state index contributed by atoms with van der Waals surface area (Å²) in [5.41, 5.74) is 5.42. The molecule has 2 aromatic rings. The summed E-state index contributed by atoms with van der Waals surface area (Å²) >= 11 is 7.06. The van der Waals surface area contributed by atoms with Crippen LogP contribution in [0.2, 0.25) is 6.55 Å². The Morgan fingerprint density at radius 2 is 1.42 bits per heavy atom. The van der Waals surface area contributed by atoms with E-state index in [1.165, 1.54) is 32.6 Å². The fraction of sp³-hybridized carbons (Fsp3) is 0.294. The molecule has 0 aliphatic heterocycles. The zero-order chi connectivity index (χ0) is 14.2. The average molecular weight is 289 g/mol. The molecule has 0 heterocycles. The van der Waals surface area contributed by atoms with E-state index in [0.29, 0.717) is 0 Å². The van der Waals surface area contributed by atoms with Crippen molar-refractivity contribution in [3.63, 3.8) is 0 Å². The average Bonchev–Trinajstić information content (AvgIpc) is 2.37. The molecule has 0 fully saturated rings. The highest BCUT2D eigenvalue weighted by atomic mass is 35.6. The molecule has 0 radical (unpaired) electrons. The third-order valence-electron chi connectivity index (χ3n) is 4.14. The second-order valence-corrected chi connectivity index (χ2v) is 10.9. The van der Waals surface area contributed by atoms with Crippen molar-refractivity contribution in [3.05, 3.63) is 58.7 Å². The first-order valence-electron chi connectivity index (χ1n) is 6.68. The van der Waals surface area contributed by atoms with Crippen LogP contribution in [0.15, 0.2) is 36.4 Å². The maximum Gasteiger partial charge on any atom is 0.214 e. The molecule has 100 valence electrons. The van der Waals surface area contributed by atoms with E-state index in [-0.39, 0.29) is 0 Å². The van der Waals surface area contributed by atoms with Gasteiger partial charge in [-0.2, -0.15) is 11.1 Å². The summed E-state index contributed by atoms with van der Waals surface area (Å²) in [5, 5.41) is 2.66. The molecule has 0 aromatic heterocycles. The van der Waals surface area contributed by atoms with Crippen LogP contribution in [-0.2, 0) is 0 Å². The minimum absolute atomic E-state index is 1.28. The monoisotopic (exact) mass is 288 g/mol. The van der Waals surface area contributed by atoms with Gasteiger partial charge in [-0.1, -0.05) is 36.4 Å². The van der Waals surface area contributed by atoms with Crippen molar-refractivity contribution in [2.24, 2.45) is 0 Å². The first kappa shape index (κ1) is 14.4. The van der Waals surface area contributed by atoms with Gasteiger partial charge in [0, 0.05) is 0 Å². The van der Waals surface area contributed by atoms with Crippen LogP contribution in [0.5, 0.6) is 0 Å². The van der Waals surface area contributed by atoms with Crippen molar-refractivity contribution in [3.8, 4) is 0 Å². The van der Waals surface area contributed by atoms with E-state index in [9.17, 15) is 0 Å². The summed E-state index contributed by atoms with van der Waals surface area (Å²) in [4.78, 5) is 0. The maximum absolute atomic E-state index is 7.06. The first-order valence-corrected chi connectivity index (χ1v) is 10.2. The van der Waals surface area contributed by atoms with E-state index in [4.69, 9.17) is 11.1 Å². The lowest BCUT2D eigenvalue weighted by molar-refractivity contribution is 1.25. The number of hydrogen-bond donors (Lipinski definition) is 0. The molecule has 2 rings (SSSR count). The van der Waals surface area contributed by atoms with Crippen LogP contribution in [0.4, 0.5) is 0 Å². The Morgan fingerprint density at radius 3 is 2.00 bits per heavy atom. The minimum atomic E-state index is -2.13. The molecule has 0 aliphatic carbocycles. The molecule has 0 N–H and O–H groups in total. The summed E-state index contributed by atoms with van der Waals surface area (Å²) < 4.78 is 0. The summed E-state index contributed by atoms with van der Waals surface area (Å²) in [7, 11) is -2.13. The molecule has 0 spiro atoms. The Hall–Kier alpha value is -1.05. The van der Waals surface area contributed by atoms with Crippen LogP contribution in [0, 0.1) is 27.7 Å². The Morgan fingerprint density at radius 1 is 0.842 bits per heavy atom. The van der Waals surface area contributed by atoms with E-state index >= 15 is 0 Å². The molecule has 0 amide bonds. The SMILES string of the molecule is Cc1cc(C)c([Si](C)(Cl)c2ccccc2)c(C)c1C. The van der Waals surface area contributed by atoms with Crippen molar-refractivity contribution in [1.82, 2.24) is 0 Å². The normalized spacial score (nSPS) is 14.2. The van der Waals surface area contributed by atoms with Crippen molar-refractivity contribution in [1.29, 1.82) is 0 Å². The molecule has 2 aromatic carbocycles. The standard InChI is InChI=1S/C17H21ClSi/c1-12-11-13(2)17(15(4)14(12)3)19(5,18)16-9-7-6-8-10-16/h6-11H,1-5H3. The lowest BCUT2D eigenvalue weighted by Crippen LogP contribution is -2.53. The Balaban J connectivity index is 2.68. The summed E-state index contributed by atoms with van der Waals surface area (Å²) in [6, 6.07) is 12.8. The largest absolute Gasteiger partial charge is 0.214 e. The van der Waals surface area contributed by atoms with Gasteiger partial charge >= 0.3 is 0 Å². The van der Waals surface area contributed by atoms with Gasteiger partial charge in [-0.05, 0) is 66.9 Å². The molecule has 19 heavy (non-hydrogen) atoms. The van der Waals surface area contributed by atoms with Gasteiger partial charge in [-0.15, -0.1) is 0 Å². The van der Waals surface area contributed by atoms with Crippen LogP contribution < -0.4 is 10.4 Å². The van der Waals surface area contributed by atoms with E-state index in [0.717, 1.165) is 0 Å². The second kappa shape index (κ2) is 5.14. The predicted octanol–water partition coefficient (Wildman–Crippen LogP) is 3.85. The fourth-order valence-electron chi connectivity index (χ4n) is 2.90. The lowest BCUT2D eigenvalue weighted by Gasteiger charge is -2.26. The molecule has 0 saturated carbocycles.